The normalized spacial score (nSPS) is 10.0. The monoisotopic (exact) mass is 241 g/mol. The Morgan fingerprint density at radius 2 is 2.11 bits per heavy atom. The van der Waals surface area contributed by atoms with E-state index in [1.807, 2.05) is 30.3 Å². The van der Waals surface area contributed by atoms with E-state index in [0.29, 0.717) is 19.4 Å². The lowest BCUT2D eigenvalue weighted by Crippen LogP contribution is -2.23. The van der Waals surface area contributed by atoms with E-state index in [9.17, 15) is 4.79 Å². The van der Waals surface area contributed by atoms with Gasteiger partial charge < -0.3 is 5.32 Å². The third-order valence-electron chi connectivity index (χ3n) is 2.56. The average molecular weight is 241 g/mol. The van der Waals surface area contributed by atoms with Gasteiger partial charge in [0.25, 0.3) is 0 Å². The second kappa shape index (κ2) is 6.49. The molecule has 2 aromatic heterocycles. The number of amides is 1. The number of pyridine rings is 2. The minimum atomic E-state index is 0.0320. The van der Waals surface area contributed by atoms with Gasteiger partial charge in [-0.05, 0) is 30.2 Å². The Hall–Kier alpha value is -2.23. The highest BCUT2D eigenvalue weighted by Gasteiger charge is 2.02. The zero-order valence-corrected chi connectivity index (χ0v) is 10.0. The van der Waals surface area contributed by atoms with Crippen molar-refractivity contribution < 1.29 is 4.79 Å². The molecule has 0 aliphatic carbocycles. The number of carbonyl (C=O) groups excluding carboxylic acids is 1. The van der Waals surface area contributed by atoms with Crippen molar-refractivity contribution in [3.63, 3.8) is 0 Å². The molecule has 2 rings (SSSR count). The van der Waals surface area contributed by atoms with Crippen LogP contribution in [0.2, 0.25) is 0 Å². The summed E-state index contributed by atoms with van der Waals surface area (Å²) in [4.78, 5) is 19.8. The summed E-state index contributed by atoms with van der Waals surface area (Å²) in [5, 5.41) is 2.85. The fourth-order valence-corrected chi connectivity index (χ4v) is 1.58. The Kier molecular flexibility index (Phi) is 4.41. The molecule has 92 valence electrons. The van der Waals surface area contributed by atoms with Gasteiger partial charge in [0.15, 0.2) is 0 Å². The molecule has 0 unspecified atom stereocenters. The van der Waals surface area contributed by atoms with Crippen LogP contribution in [0.1, 0.15) is 17.7 Å². The summed E-state index contributed by atoms with van der Waals surface area (Å²) < 4.78 is 0. The van der Waals surface area contributed by atoms with Gasteiger partial charge in [0.1, 0.15) is 0 Å². The maximum Gasteiger partial charge on any atom is 0.220 e. The molecule has 0 aliphatic heterocycles. The average Bonchev–Trinajstić information content (AvgIpc) is 2.45. The molecule has 0 aromatic carbocycles. The number of aryl methyl sites for hydroxylation is 1. The fourth-order valence-electron chi connectivity index (χ4n) is 1.58. The molecular formula is C14H15N3O. The van der Waals surface area contributed by atoms with Gasteiger partial charge in [-0.15, -0.1) is 0 Å². The van der Waals surface area contributed by atoms with E-state index in [2.05, 4.69) is 15.3 Å². The highest BCUT2D eigenvalue weighted by Crippen LogP contribution is 2.00. The van der Waals surface area contributed by atoms with Crippen LogP contribution in [0.3, 0.4) is 0 Å². The molecule has 0 atom stereocenters. The van der Waals surface area contributed by atoms with Crippen LogP contribution in [0.4, 0.5) is 0 Å². The number of nitrogens with one attached hydrogen (secondary N) is 1. The molecule has 0 saturated carbocycles. The topological polar surface area (TPSA) is 54.9 Å². The molecule has 0 bridgehead atoms. The van der Waals surface area contributed by atoms with E-state index < -0.39 is 0 Å². The van der Waals surface area contributed by atoms with E-state index in [-0.39, 0.29) is 5.91 Å². The van der Waals surface area contributed by atoms with Crippen molar-refractivity contribution in [2.45, 2.75) is 19.4 Å². The summed E-state index contributed by atoms with van der Waals surface area (Å²) in [6.45, 7) is 0.479. The zero-order valence-electron chi connectivity index (χ0n) is 10.0. The summed E-state index contributed by atoms with van der Waals surface area (Å²) in [6, 6.07) is 9.50. The molecule has 18 heavy (non-hydrogen) atoms. The minimum Gasteiger partial charge on any atom is -0.350 e. The van der Waals surface area contributed by atoms with E-state index >= 15 is 0 Å². The van der Waals surface area contributed by atoms with Gasteiger partial charge in [-0.2, -0.15) is 0 Å². The van der Waals surface area contributed by atoms with Gasteiger partial charge in [-0.3, -0.25) is 14.8 Å². The quantitative estimate of drug-likeness (QED) is 0.867. The van der Waals surface area contributed by atoms with E-state index in [1.54, 1.807) is 18.6 Å². The smallest absolute Gasteiger partial charge is 0.220 e. The van der Waals surface area contributed by atoms with Crippen molar-refractivity contribution >= 4 is 5.91 Å². The van der Waals surface area contributed by atoms with E-state index in [4.69, 9.17) is 0 Å². The molecule has 2 heterocycles. The Labute approximate surface area is 106 Å². The van der Waals surface area contributed by atoms with Crippen LogP contribution in [0, 0.1) is 0 Å². The molecule has 0 fully saturated rings. The maximum atomic E-state index is 11.6. The van der Waals surface area contributed by atoms with Gasteiger partial charge in [0, 0.05) is 25.0 Å². The molecule has 4 nitrogen and oxygen atoms in total. The van der Waals surface area contributed by atoms with Gasteiger partial charge >= 0.3 is 0 Å². The van der Waals surface area contributed by atoms with Gasteiger partial charge in [0.05, 0.1) is 12.2 Å². The largest absolute Gasteiger partial charge is 0.350 e. The van der Waals surface area contributed by atoms with Crippen molar-refractivity contribution in [2.75, 3.05) is 0 Å². The molecule has 0 saturated heterocycles. The number of carbonyl (C=O) groups is 1. The summed E-state index contributed by atoms with van der Waals surface area (Å²) >= 11 is 0. The summed E-state index contributed by atoms with van der Waals surface area (Å²) in [5.41, 5.74) is 1.94. The van der Waals surface area contributed by atoms with Crippen LogP contribution < -0.4 is 5.32 Å². The first-order valence-electron chi connectivity index (χ1n) is 5.90. The van der Waals surface area contributed by atoms with Crippen LogP contribution in [0.25, 0.3) is 0 Å². The van der Waals surface area contributed by atoms with Crippen LogP contribution in [-0.4, -0.2) is 15.9 Å². The molecule has 4 heteroatoms. The Morgan fingerprint density at radius 3 is 2.83 bits per heavy atom. The Bertz CT molecular complexity index is 439. The first-order valence-corrected chi connectivity index (χ1v) is 5.90. The van der Waals surface area contributed by atoms with E-state index in [0.717, 1.165) is 11.3 Å². The summed E-state index contributed by atoms with van der Waals surface area (Å²) in [7, 11) is 0. The highest BCUT2D eigenvalue weighted by atomic mass is 16.1. The van der Waals surface area contributed by atoms with Crippen molar-refractivity contribution in [2.24, 2.45) is 0 Å². The Balaban J connectivity index is 1.73. The maximum absolute atomic E-state index is 11.6. The lowest BCUT2D eigenvalue weighted by atomic mass is 10.1. The number of nitrogens with zero attached hydrogens (tertiary/aromatic N) is 2. The van der Waals surface area contributed by atoms with Gasteiger partial charge in [-0.1, -0.05) is 12.1 Å². The van der Waals surface area contributed by atoms with Gasteiger partial charge in [-0.25, -0.2) is 0 Å². The second-order valence-electron chi connectivity index (χ2n) is 3.96. The van der Waals surface area contributed by atoms with E-state index in [1.165, 1.54) is 0 Å². The van der Waals surface area contributed by atoms with Crippen LogP contribution in [0.5, 0.6) is 0 Å². The number of aromatic nitrogens is 2. The molecular weight excluding hydrogens is 226 g/mol. The standard InChI is InChI=1S/C14H15N3O/c18-14(7-6-12-4-3-8-15-10-12)17-11-13-5-1-2-9-16-13/h1-5,8-10H,6-7,11H2,(H,17,18). The third kappa shape index (κ3) is 3.97. The van der Waals surface area contributed by atoms with Crippen LogP contribution in [-0.2, 0) is 17.8 Å². The zero-order chi connectivity index (χ0) is 12.6. The third-order valence-corrected chi connectivity index (χ3v) is 2.56. The second-order valence-corrected chi connectivity index (χ2v) is 3.96. The Morgan fingerprint density at radius 1 is 1.17 bits per heavy atom. The van der Waals surface area contributed by atoms with Crippen LogP contribution in [0.15, 0.2) is 48.9 Å². The lowest BCUT2D eigenvalue weighted by molar-refractivity contribution is -0.121. The predicted octanol–water partition coefficient (Wildman–Crippen LogP) is 1.73. The molecule has 1 N–H and O–H groups in total. The van der Waals surface area contributed by atoms with Crippen molar-refractivity contribution in [1.29, 1.82) is 0 Å². The first kappa shape index (κ1) is 12.2. The van der Waals surface area contributed by atoms with Crippen molar-refractivity contribution in [3.8, 4) is 0 Å². The summed E-state index contributed by atoms with van der Waals surface area (Å²) in [5.74, 6) is 0.0320. The number of hydrogen-bond acceptors (Lipinski definition) is 3. The van der Waals surface area contributed by atoms with Gasteiger partial charge in [0.2, 0.25) is 5.91 Å². The minimum absolute atomic E-state index is 0.0320. The SMILES string of the molecule is O=C(CCc1cccnc1)NCc1ccccn1. The molecule has 0 aliphatic rings. The first-order chi connectivity index (χ1) is 8.84. The molecule has 0 spiro atoms. The molecule has 1 amide bonds. The fraction of sp³-hybridized carbons (Fsp3) is 0.214. The predicted molar refractivity (Wildman–Crippen MR) is 68.6 cm³/mol. The van der Waals surface area contributed by atoms with Crippen molar-refractivity contribution in [3.05, 3.63) is 60.2 Å². The highest BCUT2D eigenvalue weighted by molar-refractivity contribution is 5.76. The lowest BCUT2D eigenvalue weighted by Gasteiger charge is -2.04. The number of hydrogen-bond donors (Lipinski definition) is 1. The summed E-state index contributed by atoms with van der Waals surface area (Å²) in [6.07, 6.45) is 6.41. The molecule has 2 aromatic rings. The van der Waals surface area contributed by atoms with Crippen molar-refractivity contribution in [1.82, 2.24) is 15.3 Å². The molecule has 0 radical (unpaired) electrons. The van der Waals surface area contributed by atoms with Crippen LogP contribution >= 0.6 is 0 Å². The number of rotatable bonds is 5.